The Kier molecular flexibility index (Phi) is 3.42. The highest BCUT2D eigenvalue weighted by molar-refractivity contribution is 6.35. The van der Waals surface area contributed by atoms with Crippen LogP contribution in [0.2, 0.25) is 5.02 Å². The smallest absolute Gasteiger partial charge is 0.316 e. The van der Waals surface area contributed by atoms with E-state index in [2.05, 4.69) is 0 Å². The largest absolute Gasteiger partial charge is 0.425 e. The summed E-state index contributed by atoms with van der Waals surface area (Å²) in [5, 5.41) is 1.95. The molecule has 0 radical (unpaired) electrons. The number of fused-ring (bicyclic) bond motifs is 1. The first kappa shape index (κ1) is 13.7. The molecular weight excluding hydrogens is 262 g/mol. The monoisotopic (exact) mass is 277 g/mol. The van der Waals surface area contributed by atoms with E-state index in [9.17, 15) is 4.79 Å². The van der Waals surface area contributed by atoms with Crippen molar-refractivity contribution >= 4 is 34.0 Å². The average molecular weight is 278 g/mol. The van der Waals surface area contributed by atoms with Crippen LogP contribution >= 0.6 is 11.6 Å². The average Bonchev–Trinajstić information content (AvgIpc) is 2.34. The zero-order chi connectivity index (χ0) is 14.2. The highest BCUT2D eigenvalue weighted by Gasteiger charge is 2.24. The third-order valence-electron chi connectivity index (χ3n) is 2.81. The van der Waals surface area contributed by atoms with E-state index in [-0.39, 0.29) is 5.97 Å². The van der Waals surface area contributed by atoms with E-state index in [1.807, 2.05) is 24.3 Å². The summed E-state index contributed by atoms with van der Waals surface area (Å²) in [5.74, 6) is 0.133. The van der Waals surface area contributed by atoms with Crippen LogP contribution in [0.15, 0.2) is 30.3 Å². The van der Waals surface area contributed by atoms with Crippen LogP contribution in [0.3, 0.4) is 0 Å². The fraction of sp³-hybridized carbons (Fsp3) is 0.267. The SMILES string of the molecule is CC(C)(C)C(=O)Oc1cc(Cl)c(N)c2ccccc12. The van der Waals surface area contributed by atoms with E-state index in [0.717, 1.165) is 10.8 Å². The number of esters is 1. The Hall–Kier alpha value is -1.74. The van der Waals surface area contributed by atoms with Crippen LogP contribution in [0.4, 0.5) is 5.69 Å². The maximum atomic E-state index is 12.0. The van der Waals surface area contributed by atoms with Crippen molar-refractivity contribution in [2.75, 3.05) is 5.73 Å². The van der Waals surface area contributed by atoms with Gasteiger partial charge >= 0.3 is 5.97 Å². The zero-order valence-corrected chi connectivity index (χ0v) is 11.9. The van der Waals surface area contributed by atoms with Gasteiger partial charge in [0.25, 0.3) is 0 Å². The Morgan fingerprint density at radius 1 is 1.21 bits per heavy atom. The number of hydrogen-bond donors (Lipinski definition) is 1. The number of nitrogen functional groups attached to an aromatic ring is 1. The van der Waals surface area contributed by atoms with Gasteiger partial charge in [0.2, 0.25) is 0 Å². The normalized spacial score (nSPS) is 11.6. The molecule has 0 unspecified atom stereocenters. The number of benzene rings is 2. The number of halogens is 1. The molecule has 2 N–H and O–H groups in total. The van der Waals surface area contributed by atoms with E-state index in [4.69, 9.17) is 22.1 Å². The van der Waals surface area contributed by atoms with Crippen molar-refractivity contribution in [2.24, 2.45) is 5.41 Å². The van der Waals surface area contributed by atoms with E-state index in [1.54, 1.807) is 26.8 Å². The van der Waals surface area contributed by atoms with Crippen molar-refractivity contribution in [3.8, 4) is 5.75 Å². The Morgan fingerprint density at radius 2 is 1.79 bits per heavy atom. The molecule has 0 aliphatic carbocycles. The molecule has 0 aromatic heterocycles. The van der Waals surface area contributed by atoms with Crippen molar-refractivity contribution in [1.29, 1.82) is 0 Å². The summed E-state index contributed by atoms with van der Waals surface area (Å²) < 4.78 is 5.45. The number of ether oxygens (including phenoxy) is 1. The fourth-order valence-electron chi connectivity index (χ4n) is 1.67. The first-order valence-corrected chi connectivity index (χ1v) is 6.37. The second-order valence-corrected chi connectivity index (χ2v) is 5.86. The predicted molar refractivity (Wildman–Crippen MR) is 78.5 cm³/mol. The lowest BCUT2D eigenvalue weighted by Crippen LogP contribution is -2.25. The van der Waals surface area contributed by atoms with E-state index in [0.29, 0.717) is 16.5 Å². The Balaban J connectivity index is 2.56. The quantitative estimate of drug-likeness (QED) is 0.486. The predicted octanol–water partition coefficient (Wildman–Crippen LogP) is 4.03. The third-order valence-corrected chi connectivity index (χ3v) is 3.13. The summed E-state index contributed by atoms with van der Waals surface area (Å²) in [7, 11) is 0. The van der Waals surface area contributed by atoms with Crippen LogP contribution in [-0.2, 0) is 4.79 Å². The summed E-state index contributed by atoms with van der Waals surface area (Å²) >= 11 is 6.07. The van der Waals surface area contributed by atoms with Crippen LogP contribution in [-0.4, -0.2) is 5.97 Å². The lowest BCUT2D eigenvalue weighted by Gasteiger charge is -2.18. The molecule has 0 saturated heterocycles. The molecule has 100 valence electrons. The minimum Gasteiger partial charge on any atom is -0.425 e. The summed E-state index contributed by atoms with van der Waals surface area (Å²) in [5.41, 5.74) is 5.85. The van der Waals surface area contributed by atoms with Gasteiger partial charge in [-0.25, -0.2) is 0 Å². The molecule has 0 fully saturated rings. The Bertz CT molecular complexity index is 644. The standard InChI is InChI=1S/C15H16ClNO2/c1-15(2,3)14(18)19-12-8-11(16)13(17)10-7-5-4-6-9(10)12/h4-8H,17H2,1-3H3. The van der Waals surface area contributed by atoms with Gasteiger partial charge in [0, 0.05) is 16.8 Å². The second kappa shape index (κ2) is 4.74. The van der Waals surface area contributed by atoms with E-state index in [1.165, 1.54) is 0 Å². The Labute approximate surface area is 117 Å². The molecule has 0 saturated carbocycles. The molecule has 0 atom stereocenters. The summed E-state index contributed by atoms with van der Waals surface area (Å²) in [6.45, 7) is 5.41. The molecule has 0 amide bonds. The fourth-order valence-corrected chi connectivity index (χ4v) is 1.87. The van der Waals surface area contributed by atoms with Crippen LogP contribution < -0.4 is 10.5 Å². The highest BCUT2D eigenvalue weighted by atomic mass is 35.5. The van der Waals surface area contributed by atoms with Gasteiger partial charge in [0.15, 0.2) is 0 Å². The van der Waals surface area contributed by atoms with Crippen LogP contribution in [0.5, 0.6) is 5.75 Å². The van der Waals surface area contributed by atoms with Crippen LogP contribution in [0.1, 0.15) is 20.8 Å². The minimum absolute atomic E-state index is 0.307. The maximum Gasteiger partial charge on any atom is 0.316 e. The Morgan fingerprint density at radius 3 is 2.37 bits per heavy atom. The molecule has 3 nitrogen and oxygen atoms in total. The van der Waals surface area contributed by atoms with Gasteiger partial charge in [0.05, 0.1) is 16.1 Å². The van der Waals surface area contributed by atoms with Crippen molar-refractivity contribution < 1.29 is 9.53 Å². The molecule has 0 bridgehead atoms. The number of carbonyl (C=O) groups excluding carboxylic acids is 1. The highest BCUT2D eigenvalue weighted by Crippen LogP contribution is 2.36. The van der Waals surface area contributed by atoms with Gasteiger partial charge in [-0.05, 0) is 20.8 Å². The van der Waals surface area contributed by atoms with Crippen molar-refractivity contribution in [3.63, 3.8) is 0 Å². The number of nitrogens with two attached hydrogens (primary N) is 1. The number of hydrogen-bond acceptors (Lipinski definition) is 3. The van der Waals surface area contributed by atoms with Crippen molar-refractivity contribution in [1.82, 2.24) is 0 Å². The second-order valence-electron chi connectivity index (χ2n) is 5.46. The van der Waals surface area contributed by atoms with Gasteiger partial charge < -0.3 is 10.5 Å². The van der Waals surface area contributed by atoms with Gasteiger partial charge in [-0.3, -0.25) is 4.79 Å². The molecule has 2 aromatic carbocycles. The van der Waals surface area contributed by atoms with Crippen LogP contribution in [0, 0.1) is 5.41 Å². The number of rotatable bonds is 1. The van der Waals surface area contributed by atoms with Crippen LogP contribution in [0.25, 0.3) is 10.8 Å². The van der Waals surface area contributed by atoms with Gasteiger partial charge in [0.1, 0.15) is 5.75 Å². The zero-order valence-electron chi connectivity index (χ0n) is 11.2. The summed E-state index contributed by atoms with van der Waals surface area (Å²) in [6, 6.07) is 9.02. The topological polar surface area (TPSA) is 52.3 Å². The van der Waals surface area contributed by atoms with E-state index < -0.39 is 5.41 Å². The maximum absolute atomic E-state index is 12.0. The molecule has 19 heavy (non-hydrogen) atoms. The molecule has 0 heterocycles. The lowest BCUT2D eigenvalue weighted by molar-refractivity contribution is -0.142. The molecule has 0 spiro atoms. The van der Waals surface area contributed by atoms with Gasteiger partial charge in [-0.15, -0.1) is 0 Å². The lowest BCUT2D eigenvalue weighted by atomic mass is 9.97. The first-order valence-electron chi connectivity index (χ1n) is 5.99. The third kappa shape index (κ3) is 2.66. The van der Waals surface area contributed by atoms with Gasteiger partial charge in [-0.2, -0.15) is 0 Å². The van der Waals surface area contributed by atoms with Crippen molar-refractivity contribution in [2.45, 2.75) is 20.8 Å². The summed E-state index contributed by atoms with van der Waals surface area (Å²) in [4.78, 5) is 12.0. The number of anilines is 1. The molecule has 0 aliphatic heterocycles. The summed E-state index contributed by atoms with van der Waals surface area (Å²) in [6.07, 6.45) is 0. The minimum atomic E-state index is -0.574. The molecule has 2 aromatic rings. The van der Waals surface area contributed by atoms with E-state index >= 15 is 0 Å². The molecular formula is C15H16ClNO2. The molecule has 2 rings (SSSR count). The molecule has 0 aliphatic rings. The van der Waals surface area contributed by atoms with Crippen molar-refractivity contribution in [3.05, 3.63) is 35.4 Å². The molecule has 4 heteroatoms. The number of carbonyl (C=O) groups is 1. The first-order chi connectivity index (χ1) is 8.80. The van der Waals surface area contributed by atoms with Gasteiger partial charge in [-0.1, -0.05) is 35.9 Å².